The van der Waals surface area contributed by atoms with Gasteiger partial charge in [0.1, 0.15) is 0 Å². The molecule has 1 aromatic carbocycles. The first-order chi connectivity index (χ1) is 9.24. The first-order valence-corrected chi connectivity index (χ1v) is 7.64. The minimum absolute atomic E-state index is 0.210. The van der Waals surface area contributed by atoms with E-state index in [1.165, 1.54) is 10.0 Å². The molecule has 1 aliphatic carbocycles. The molecule has 0 spiro atoms. The highest BCUT2D eigenvalue weighted by atomic mass is 79.9. The molecular weight excluding hydrogens is 306 g/mol. The fourth-order valence-electron chi connectivity index (χ4n) is 2.72. The highest BCUT2D eigenvalue weighted by molar-refractivity contribution is 9.10. The van der Waals surface area contributed by atoms with Crippen LogP contribution in [0.2, 0.25) is 0 Å². The van der Waals surface area contributed by atoms with Crippen LogP contribution < -0.4 is 5.32 Å². The van der Waals surface area contributed by atoms with Gasteiger partial charge in [0.05, 0.1) is 6.61 Å². The van der Waals surface area contributed by atoms with E-state index in [1.54, 1.807) is 7.11 Å². The molecule has 0 saturated heterocycles. The predicted octanol–water partition coefficient (Wildman–Crippen LogP) is 2.68. The molecule has 1 unspecified atom stereocenters. The molecule has 1 aromatic rings. The molecule has 1 atom stereocenters. The van der Waals surface area contributed by atoms with Crippen LogP contribution in [0.5, 0.6) is 0 Å². The number of aliphatic hydroxyl groups is 1. The van der Waals surface area contributed by atoms with Crippen molar-refractivity contribution in [2.24, 2.45) is 0 Å². The first kappa shape index (κ1) is 15.0. The molecule has 4 heteroatoms. The fourth-order valence-corrected chi connectivity index (χ4v) is 3.33. The first-order valence-electron chi connectivity index (χ1n) is 6.84. The van der Waals surface area contributed by atoms with E-state index < -0.39 is 0 Å². The number of hydrogen-bond donors (Lipinski definition) is 2. The molecule has 0 aromatic heterocycles. The second-order valence-corrected chi connectivity index (χ2v) is 6.07. The minimum atomic E-state index is 0.210. The Kier molecular flexibility index (Phi) is 5.82. The van der Waals surface area contributed by atoms with Gasteiger partial charge in [0.15, 0.2) is 0 Å². The summed E-state index contributed by atoms with van der Waals surface area (Å²) in [4.78, 5) is 0. The summed E-state index contributed by atoms with van der Waals surface area (Å²) in [7, 11) is 1.71. The number of ether oxygens (including phenoxy) is 1. The zero-order chi connectivity index (χ0) is 13.7. The summed E-state index contributed by atoms with van der Waals surface area (Å²) in [6, 6.07) is 9.27. The van der Waals surface area contributed by atoms with Crippen molar-refractivity contribution in [3.8, 4) is 0 Å². The van der Waals surface area contributed by atoms with Gasteiger partial charge in [-0.15, -0.1) is 0 Å². The third-order valence-corrected chi connectivity index (χ3v) is 4.52. The molecule has 2 N–H and O–H groups in total. The average molecular weight is 328 g/mol. The van der Waals surface area contributed by atoms with Crippen molar-refractivity contribution < 1.29 is 9.84 Å². The van der Waals surface area contributed by atoms with E-state index in [1.807, 2.05) is 0 Å². The van der Waals surface area contributed by atoms with Gasteiger partial charge in [0.2, 0.25) is 0 Å². The molecule has 1 saturated carbocycles. The van der Waals surface area contributed by atoms with Gasteiger partial charge in [0.25, 0.3) is 0 Å². The average Bonchev–Trinajstić information content (AvgIpc) is 2.35. The second-order valence-electron chi connectivity index (χ2n) is 5.22. The Labute approximate surface area is 123 Å². The molecule has 0 amide bonds. The molecule has 106 valence electrons. The molecule has 0 heterocycles. The van der Waals surface area contributed by atoms with E-state index in [0.29, 0.717) is 18.6 Å². The van der Waals surface area contributed by atoms with Gasteiger partial charge in [-0.3, -0.25) is 0 Å². The highest BCUT2D eigenvalue weighted by Crippen LogP contribution is 2.40. The number of hydrogen-bond acceptors (Lipinski definition) is 3. The maximum absolute atomic E-state index is 9.03. The highest BCUT2D eigenvalue weighted by Gasteiger charge is 2.32. The van der Waals surface area contributed by atoms with Crippen molar-refractivity contribution in [1.82, 2.24) is 5.32 Å². The van der Waals surface area contributed by atoms with Crippen LogP contribution in [-0.4, -0.2) is 37.5 Å². The number of nitrogens with one attached hydrogen (secondary N) is 1. The largest absolute Gasteiger partial charge is 0.396 e. The van der Waals surface area contributed by atoms with Crippen molar-refractivity contribution in [2.75, 3.05) is 20.3 Å². The van der Waals surface area contributed by atoms with Crippen LogP contribution in [0.4, 0.5) is 0 Å². The zero-order valence-electron chi connectivity index (χ0n) is 11.3. The van der Waals surface area contributed by atoms with Gasteiger partial charge in [-0.2, -0.15) is 0 Å². The number of rotatable bonds is 7. The van der Waals surface area contributed by atoms with Gasteiger partial charge < -0.3 is 15.2 Å². The summed E-state index contributed by atoms with van der Waals surface area (Å²) in [5.74, 6) is 0.644. The van der Waals surface area contributed by atoms with Crippen molar-refractivity contribution in [1.29, 1.82) is 0 Å². The van der Waals surface area contributed by atoms with Gasteiger partial charge in [0, 0.05) is 30.3 Å². The van der Waals surface area contributed by atoms with Crippen molar-refractivity contribution in [2.45, 2.75) is 37.3 Å². The van der Waals surface area contributed by atoms with Crippen LogP contribution >= 0.6 is 15.9 Å². The van der Waals surface area contributed by atoms with Gasteiger partial charge in [-0.05, 0) is 36.8 Å². The van der Waals surface area contributed by atoms with E-state index in [-0.39, 0.29) is 12.6 Å². The molecular formula is C15H22BrNO2. The number of aliphatic hydroxyl groups excluding tert-OH is 1. The molecule has 19 heavy (non-hydrogen) atoms. The Morgan fingerprint density at radius 2 is 2.16 bits per heavy atom. The van der Waals surface area contributed by atoms with Crippen molar-refractivity contribution in [3.63, 3.8) is 0 Å². The molecule has 3 nitrogen and oxygen atoms in total. The van der Waals surface area contributed by atoms with E-state index in [2.05, 4.69) is 45.5 Å². The van der Waals surface area contributed by atoms with Gasteiger partial charge in [-0.1, -0.05) is 34.1 Å². The van der Waals surface area contributed by atoms with Crippen LogP contribution in [0.15, 0.2) is 28.7 Å². The van der Waals surface area contributed by atoms with Crippen LogP contribution in [0.1, 0.15) is 30.7 Å². The topological polar surface area (TPSA) is 41.5 Å². The lowest BCUT2D eigenvalue weighted by Crippen LogP contribution is -2.47. The summed E-state index contributed by atoms with van der Waals surface area (Å²) < 4.78 is 6.39. The minimum Gasteiger partial charge on any atom is -0.396 e. The molecule has 0 aliphatic heterocycles. The maximum Gasteiger partial charge on any atom is 0.0616 e. The van der Waals surface area contributed by atoms with Crippen LogP contribution in [0.3, 0.4) is 0 Å². The summed E-state index contributed by atoms with van der Waals surface area (Å²) in [6.07, 6.45) is 3.08. The summed E-state index contributed by atoms with van der Waals surface area (Å²) in [5.41, 5.74) is 1.41. The smallest absolute Gasteiger partial charge is 0.0616 e. The maximum atomic E-state index is 9.03. The SMILES string of the molecule is COCC(CCO)NC1CC(c2ccccc2Br)C1. The Balaban J connectivity index is 1.81. The van der Waals surface area contributed by atoms with E-state index in [0.717, 1.165) is 19.3 Å². The third kappa shape index (κ3) is 4.02. The lowest BCUT2D eigenvalue weighted by molar-refractivity contribution is 0.129. The standard InChI is InChI=1S/C15H22BrNO2/c1-19-10-12(6-7-18)17-13-8-11(9-13)14-4-2-3-5-15(14)16/h2-5,11-13,17-18H,6-10H2,1H3. The summed E-state index contributed by atoms with van der Waals surface area (Å²) in [5, 5.41) is 12.6. The van der Waals surface area contributed by atoms with E-state index in [9.17, 15) is 0 Å². The molecule has 0 bridgehead atoms. The van der Waals surface area contributed by atoms with E-state index in [4.69, 9.17) is 9.84 Å². The lowest BCUT2D eigenvalue weighted by Gasteiger charge is -2.39. The number of benzene rings is 1. The number of halogens is 1. The van der Waals surface area contributed by atoms with Gasteiger partial charge >= 0.3 is 0 Å². The van der Waals surface area contributed by atoms with E-state index >= 15 is 0 Å². The van der Waals surface area contributed by atoms with Gasteiger partial charge in [-0.25, -0.2) is 0 Å². The second kappa shape index (κ2) is 7.39. The summed E-state index contributed by atoms with van der Waals surface area (Å²) in [6.45, 7) is 0.873. The molecule has 1 aliphatic rings. The number of methoxy groups -OCH3 is 1. The Hall–Kier alpha value is -0.420. The fraction of sp³-hybridized carbons (Fsp3) is 0.600. The van der Waals surface area contributed by atoms with Crippen LogP contribution in [0, 0.1) is 0 Å². The van der Waals surface area contributed by atoms with Crippen molar-refractivity contribution >= 4 is 15.9 Å². The Morgan fingerprint density at radius 3 is 2.79 bits per heavy atom. The van der Waals surface area contributed by atoms with Crippen LogP contribution in [-0.2, 0) is 4.74 Å². The van der Waals surface area contributed by atoms with Crippen LogP contribution in [0.25, 0.3) is 0 Å². The quantitative estimate of drug-likeness (QED) is 0.809. The molecule has 1 fully saturated rings. The Morgan fingerprint density at radius 1 is 1.42 bits per heavy atom. The third-order valence-electron chi connectivity index (χ3n) is 3.80. The van der Waals surface area contributed by atoms with Crippen molar-refractivity contribution in [3.05, 3.63) is 34.3 Å². The normalized spacial score (nSPS) is 23.9. The lowest BCUT2D eigenvalue weighted by atomic mass is 9.75. The monoisotopic (exact) mass is 327 g/mol. The predicted molar refractivity (Wildman–Crippen MR) is 80.4 cm³/mol. The summed E-state index contributed by atoms with van der Waals surface area (Å²) >= 11 is 3.62. The Bertz CT molecular complexity index is 387. The zero-order valence-corrected chi connectivity index (χ0v) is 12.9. The molecule has 2 rings (SSSR count). The molecule has 0 radical (unpaired) electrons.